The maximum Gasteiger partial charge on any atom is 0.234 e. The molecule has 0 bridgehead atoms. The van der Waals surface area contributed by atoms with Crippen LogP contribution in [0.3, 0.4) is 0 Å². The highest BCUT2D eigenvalue weighted by Crippen LogP contribution is 2.28. The zero-order valence-corrected chi connectivity index (χ0v) is 18.0. The van der Waals surface area contributed by atoms with Crippen LogP contribution in [-0.4, -0.2) is 26.4 Å². The fourth-order valence-electron chi connectivity index (χ4n) is 2.48. The highest BCUT2D eigenvalue weighted by Gasteiger charge is 2.18. The lowest BCUT2D eigenvalue weighted by atomic mass is 10.2. The number of carbonyl (C=O) groups excluding carboxylic acids is 1. The Bertz CT molecular complexity index is 957. The second kappa shape index (κ2) is 8.95. The van der Waals surface area contributed by atoms with E-state index in [0.717, 1.165) is 18.5 Å². The number of nitrogens with one attached hydrogen (secondary N) is 1. The van der Waals surface area contributed by atoms with E-state index >= 15 is 0 Å². The number of anilines is 1. The minimum atomic E-state index is -0.126. The summed E-state index contributed by atoms with van der Waals surface area (Å²) in [5, 5.41) is 12.6. The number of benzene rings is 1. The Balaban J connectivity index is 1.71. The molecule has 0 aliphatic heterocycles. The van der Waals surface area contributed by atoms with Crippen LogP contribution in [0.1, 0.15) is 18.9 Å². The van der Waals surface area contributed by atoms with E-state index in [4.69, 9.17) is 16.0 Å². The number of hydrogen-bond donors (Lipinski definition) is 1. The number of nitrogens with zero attached hydrogens (tertiary/aromatic N) is 3. The van der Waals surface area contributed by atoms with Gasteiger partial charge >= 0.3 is 0 Å². The van der Waals surface area contributed by atoms with Crippen LogP contribution in [0.2, 0.25) is 5.02 Å². The van der Waals surface area contributed by atoms with Crippen molar-refractivity contribution < 1.29 is 9.21 Å². The van der Waals surface area contributed by atoms with Crippen LogP contribution in [-0.2, 0) is 11.3 Å². The van der Waals surface area contributed by atoms with E-state index in [1.54, 1.807) is 12.1 Å². The molecule has 0 fully saturated rings. The lowest BCUT2D eigenvalue weighted by Crippen LogP contribution is -2.15. The molecule has 2 heterocycles. The highest BCUT2D eigenvalue weighted by molar-refractivity contribution is 9.10. The van der Waals surface area contributed by atoms with E-state index in [2.05, 4.69) is 38.4 Å². The maximum absolute atomic E-state index is 12.3. The monoisotopic (exact) mass is 468 g/mol. The minimum absolute atomic E-state index is 0.126. The van der Waals surface area contributed by atoms with Crippen molar-refractivity contribution in [3.8, 4) is 11.6 Å². The van der Waals surface area contributed by atoms with Gasteiger partial charge in [0.1, 0.15) is 0 Å². The SMILES string of the molecule is CCCn1c(SCC(=O)Nc2cc(Cl)ccc2C)nnc1-c1ccc(Br)o1. The second-order valence-corrected chi connectivity index (χ2v) is 8.02. The standard InChI is InChI=1S/C18H18BrClN4O2S/c1-3-8-24-17(14-6-7-15(19)26-14)22-23-18(24)27-10-16(25)21-13-9-12(20)5-4-11(13)2/h4-7,9H,3,8,10H2,1-2H3,(H,21,25). The van der Waals surface area contributed by atoms with Gasteiger partial charge in [0.15, 0.2) is 15.6 Å². The van der Waals surface area contributed by atoms with Gasteiger partial charge in [-0.1, -0.05) is 36.4 Å². The van der Waals surface area contributed by atoms with Gasteiger partial charge in [-0.2, -0.15) is 0 Å². The van der Waals surface area contributed by atoms with Gasteiger partial charge in [0.05, 0.1) is 5.75 Å². The van der Waals surface area contributed by atoms with Crippen LogP contribution in [0.5, 0.6) is 0 Å². The van der Waals surface area contributed by atoms with Crippen LogP contribution >= 0.6 is 39.3 Å². The van der Waals surface area contributed by atoms with Crippen molar-refractivity contribution >= 4 is 50.9 Å². The van der Waals surface area contributed by atoms with Gasteiger partial charge in [0, 0.05) is 17.3 Å². The molecule has 2 aromatic heterocycles. The lowest BCUT2D eigenvalue weighted by molar-refractivity contribution is -0.113. The van der Waals surface area contributed by atoms with Gasteiger partial charge in [-0.05, 0) is 59.1 Å². The van der Waals surface area contributed by atoms with Crippen LogP contribution in [0.4, 0.5) is 5.69 Å². The molecule has 0 aliphatic rings. The number of rotatable bonds is 7. The lowest BCUT2D eigenvalue weighted by Gasteiger charge is -2.09. The number of halogens is 2. The Hall–Kier alpha value is -1.77. The molecule has 3 rings (SSSR count). The molecule has 3 aromatic rings. The van der Waals surface area contributed by atoms with Gasteiger partial charge in [-0.25, -0.2) is 0 Å². The number of furan rings is 1. The molecular weight excluding hydrogens is 452 g/mol. The van der Waals surface area contributed by atoms with E-state index in [1.165, 1.54) is 11.8 Å². The van der Waals surface area contributed by atoms with Gasteiger partial charge in [0.2, 0.25) is 11.7 Å². The third-order valence-corrected chi connectivity index (χ3v) is 5.39. The van der Waals surface area contributed by atoms with Gasteiger partial charge in [0.25, 0.3) is 0 Å². The summed E-state index contributed by atoms with van der Waals surface area (Å²) >= 11 is 10.6. The molecule has 0 radical (unpaired) electrons. The van der Waals surface area contributed by atoms with E-state index in [1.807, 2.05) is 29.7 Å². The molecule has 1 aromatic carbocycles. The summed E-state index contributed by atoms with van der Waals surface area (Å²) < 4.78 is 8.19. The van der Waals surface area contributed by atoms with Gasteiger partial charge < -0.3 is 9.73 Å². The topological polar surface area (TPSA) is 73.0 Å². The maximum atomic E-state index is 12.3. The Labute approximate surface area is 174 Å². The molecule has 0 spiro atoms. The summed E-state index contributed by atoms with van der Waals surface area (Å²) in [6, 6.07) is 9.06. The molecule has 0 saturated heterocycles. The summed E-state index contributed by atoms with van der Waals surface area (Å²) in [5.74, 6) is 1.37. The van der Waals surface area contributed by atoms with Gasteiger partial charge in [-0.15, -0.1) is 10.2 Å². The Morgan fingerprint density at radius 2 is 2.15 bits per heavy atom. The molecule has 142 valence electrons. The molecule has 27 heavy (non-hydrogen) atoms. The first-order valence-electron chi connectivity index (χ1n) is 8.35. The van der Waals surface area contributed by atoms with E-state index in [-0.39, 0.29) is 11.7 Å². The number of thioether (sulfide) groups is 1. The fraction of sp³-hybridized carbons (Fsp3) is 0.278. The first-order valence-corrected chi connectivity index (χ1v) is 10.5. The van der Waals surface area contributed by atoms with E-state index in [0.29, 0.717) is 32.1 Å². The van der Waals surface area contributed by atoms with Crippen molar-refractivity contribution in [2.45, 2.75) is 32.0 Å². The molecule has 0 atom stereocenters. The summed E-state index contributed by atoms with van der Waals surface area (Å²) in [5.41, 5.74) is 1.67. The van der Waals surface area contributed by atoms with Gasteiger partial charge in [-0.3, -0.25) is 9.36 Å². The quantitative estimate of drug-likeness (QED) is 0.469. The number of amides is 1. The Morgan fingerprint density at radius 3 is 2.85 bits per heavy atom. The molecule has 1 N–H and O–H groups in total. The average molecular weight is 470 g/mol. The molecule has 6 nitrogen and oxygen atoms in total. The molecule has 0 aliphatic carbocycles. The van der Waals surface area contributed by atoms with E-state index in [9.17, 15) is 4.79 Å². The first-order chi connectivity index (χ1) is 13.0. The van der Waals surface area contributed by atoms with Crippen LogP contribution in [0.15, 0.2) is 44.6 Å². The second-order valence-electron chi connectivity index (χ2n) is 5.86. The third kappa shape index (κ3) is 4.94. The predicted octanol–water partition coefficient (Wildman–Crippen LogP) is 5.40. The van der Waals surface area contributed by atoms with Crippen molar-refractivity contribution in [1.82, 2.24) is 14.8 Å². The third-order valence-electron chi connectivity index (χ3n) is 3.76. The van der Waals surface area contributed by atoms with Crippen LogP contribution in [0.25, 0.3) is 11.6 Å². The first kappa shape index (κ1) is 20.0. The van der Waals surface area contributed by atoms with Crippen molar-refractivity contribution in [3.05, 3.63) is 45.6 Å². The Kier molecular flexibility index (Phi) is 6.62. The van der Waals surface area contributed by atoms with Crippen LogP contribution < -0.4 is 5.32 Å². The largest absolute Gasteiger partial charge is 0.446 e. The van der Waals surface area contributed by atoms with Crippen molar-refractivity contribution in [3.63, 3.8) is 0 Å². The zero-order chi connectivity index (χ0) is 19.4. The van der Waals surface area contributed by atoms with Crippen molar-refractivity contribution in [2.24, 2.45) is 0 Å². The fourth-order valence-corrected chi connectivity index (χ4v) is 3.73. The zero-order valence-electron chi connectivity index (χ0n) is 14.8. The van der Waals surface area contributed by atoms with Crippen LogP contribution in [0, 0.1) is 6.92 Å². The minimum Gasteiger partial charge on any atom is -0.446 e. The number of carbonyl (C=O) groups is 1. The number of aryl methyl sites for hydroxylation is 1. The molecular formula is C18H18BrClN4O2S. The Morgan fingerprint density at radius 1 is 1.33 bits per heavy atom. The van der Waals surface area contributed by atoms with Crippen molar-refractivity contribution in [2.75, 3.05) is 11.1 Å². The predicted molar refractivity (Wildman–Crippen MR) is 111 cm³/mol. The smallest absolute Gasteiger partial charge is 0.234 e. The summed E-state index contributed by atoms with van der Waals surface area (Å²) in [6.07, 6.45) is 0.911. The summed E-state index contributed by atoms with van der Waals surface area (Å²) in [4.78, 5) is 12.3. The summed E-state index contributed by atoms with van der Waals surface area (Å²) in [6.45, 7) is 4.73. The van der Waals surface area contributed by atoms with Crippen molar-refractivity contribution in [1.29, 1.82) is 0 Å². The van der Waals surface area contributed by atoms with E-state index < -0.39 is 0 Å². The molecule has 0 saturated carbocycles. The summed E-state index contributed by atoms with van der Waals surface area (Å²) in [7, 11) is 0. The molecule has 9 heteroatoms. The molecule has 0 unspecified atom stereocenters. The normalized spacial score (nSPS) is 11.0. The molecule has 1 amide bonds. The number of hydrogen-bond acceptors (Lipinski definition) is 5. The number of aromatic nitrogens is 3. The average Bonchev–Trinajstić information content (AvgIpc) is 3.23. The highest BCUT2D eigenvalue weighted by atomic mass is 79.9.